The number of carbonyl (C=O) groups excluding carboxylic acids is 1. The zero-order valence-corrected chi connectivity index (χ0v) is 17.3. The number of hydrogen-bond acceptors (Lipinski definition) is 5. The van der Waals surface area contributed by atoms with E-state index in [1.807, 2.05) is 30.0 Å². The summed E-state index contributed by atoms with van der Waals surface area (Å²) in [6.45, 7) is 4.47. The van der Waals surface area contributed by atoms with Gasteiger partial charge < -0.3 is 4.90 Å². The highest BCUT2D eigenvalue weighted by Crippen LogP contribution is 2.22. The summed E-state index contributed by atoms with van der Waals surface area (Å²) in [4.78, 5) is 17.0. The number of hydrogen-bond donors (Lipinski definition) is 0. The van der Waals surface area contributed by atoms with Gasteiger partial charge in [0.2, 0.25) is 0 Å². The molecule has 1 aromatic carbocycles. The molecule has 2 aliphatic rings. The van der Waals surface area contributed by atoms with Crippen LogP contribution in [-0.4, -0.2) is 77.6 Å². The number of amides is 1. The van der Waals surface area contributed by atoms with Gasteiger partial charge in [-0.2, -0.15) is 5.10 Å². The fraction of sp³-hybridized carbons (Fsp3) is 0.474. The molecule has 2 aliphatic heterocycles. The minimum Gasteiger partial charge on any atom is -0.336 e. The van der Waals surface area contributed by atoms with Gasteiger partial charge in [0.25, 0.3) is 5.91 Å². The van der Waals surface area contributed by atoms with Crippen LogP contribution in [0.5, 0.6) is 0 Å². The molecule has 2 fully saturated rings. The summed E-state index contributed by atoms with van der Waals surface area (Å²) in [6.07, 6.45) is 2.30. The second kappa shape index (κ2) is 7.50. The molecule has 1 aromatic heterocycles. The lowest BCUT2D eigenvalue weighted by molar-refractivity contribution is 0.0587. The van der Waals surface area contributed by atoms with Gasteiger partial charge in [0, 0.05) is 37.2 Å². The molecule has 9 heteroatoms. The molecule has 2 aromatic rings. The Hall–Kier alpha value is -1.90. The molecule has 4 rings (SSSR count). The molecule has 0 spiro atoms. The highest BCUT2D eigenvalue weighted by atomic mass is 35.5. The molecule has 0 aliphatic carbocycles. The molecule has 3 heterocycles. The largest absolute Gasteiger partial charge is 0.336 e. The number of sulfone groups is 1. The molecule has 150 valence electrons. The van der Waals surface area contributed by atoms with E-state index in [1.54, 1.807) is 16.9 Å². The molecular formula is C19H23ClN4O3S. The van der Waals surface area contributed by atoms with Gasteiger partial charge in [0.05, 0.1) is 34.6 Å². The van der Waals surface area contributed by atoms with Crippen LogP contribution in [0.2, 0.25) is 5.02 Å². The van der Waals surface area contributed by atoms with E-state index < -0.39 is 9.84 Å². The maximum Gasteiger partial charge on any atom is 0.257 e. The van der Waals surface area contributed by atoms with E-state index in [2.05, 4.69) is 10.00 Å². The SMILES string of the molecule is Cc1c(C(=O)N2CCN(C3CCS(=O)(=O)C3)CC2)cnn1-c1cccc(Cl)c1. The lowest BCUT2D eigenvalue weighted by Crippen LogP contribution is -2.52. The van der Waals surface area contributed by atoms with Gasteiger partial charge in [-0.05, 0) is 31.5 Å². The van der Waals surface area contributed by atoms with Crippen LogP contribution in [0.25, 0.3) is 5.69 Å². The minimum absolute atomic E-state index is 0.0375. The van der Waals surface area contributed by atoms with Crippen molar-refractivity contribution in [1.82, 2.24) is 19.6 Å². The maximum atomic E-state index is 13.0. The van der Waals surface area contributed by atoms with Crippen LogP contribution in [0.4, 0.5) is 0 Å². The first-order valence-electron chi connectivity index (χ1n) is 9.38. The Labute approximate surface area is 169 Å². The third kappa shape index (κ3) is 3.81. The van der Waals surface area contributed by atoms with E-state index in [-0.39, 0.29) is 23.5 Å². The van der Waals surface area contributed by atoms with Crippen LogP contribution < -0.4 is 0 Å². The molecule has 1 amide bonds. The second-order valence-corrected chi connectivity index (χ2v) is 10.1. The van der Waals surface area contributed by atoms with E-state index >= 15 is 0 Å². The summed E-state index contributed by atoms with van der Waals surface area (Å²) in [5.74, 6) is 0.481. The molecule has 0 bridgehead atoms. The van der Waals surface area contributed by atoms with Crippen molar-refractivity contribution in [1.29, 1.82) is 0 Å². The number of aromatic nitrogens is 2. The van der Waals surface area contributed by atoms with Crippen molar-refractivity contribution in [3.8, 4) is 5.69 Å². The summed E-state index contributed by atoms with van der Waals surface area (Å²) in [5.41, 5.74) is 2.17. The molecule has 28 heavy (non-hydrogen) atoms. The average molecular weight is 423 g/mol. The van der Waals surface area contributed by atoms with Crippen molar-refractivity contribution >= 4 is 27.3 Å². The molecule has 7 nitrogen and oxygen atoms in total. The number of benzene rings is 1. The Morgan fingerprint density at radius 3 is 2.61 bits per heavy atom. The van der Waals surface area contributed by atoms with Crippen molar-refractivity contribution in [2.45, 2.75) is 19.4 Å². The quantitative estimate of drug-likeness (QED) is 0.753. The first-order chi connectivity index (χ1) is 13.3. The summed E-state index contributed by atoms with van der Waals surface area (Å²) >= 11 is 6.06. The van der Waals surface area contributed by atoms with Crippen LogP contribution in [0.3, 0.4) is 0 Å². The fourth-order valence-corrected chi connectivity index (χ4v) is 5.96. The summed E-state index contributed by atoms with van der Waals surface area (Å²) < 4.78 is 25.1. The van der Waals surface area contributed by atoms with Crippen LogP contribution in [-0.2, 0) is 9.84 Å². The first kappa shape index (κ1) is 19.4. The van der Waals surface area contributed by atoms with Crippen molar-refractivity contribution in [3.05, 3.63) is 46.7 Å². The van der Waals surface area contributed by atoms with Gasteiger partial charge >= 0.3 is 0 Å². The van der Waals surface area contributed by atoms with Crippen LogP contribution in [0.1, 0.15) is 22.5 Å². The monoisotopic (exact) mass is 422 g/mol. The Kier molecular flexibility index (Phi) is 5.20. The third-order valence-electron chi connectivity index (χ3n) is 5.62. The first-order valence-corrected chi connectivity index (χ1v) is 11.6. The molecule has 0 radical (unpaired) electrons. The molecular weight excluding hydrogens is 400 g/mol. The average Bonchev–Trinajstić information content (AvgIpc) is 3.23. The molecule has 2 saturated heterocycles. The number of carbonyl (C=O) groups is 1. The number of piperazine rings is 1. The molecule has 1 atom stereocenters. The maximum absolute atomic E-state index is 13.0. The van der Waals surface area contributed by atoms with E-state index in [4.69, 9.17) is 11.6 Å². The Bertz CT molecular complexity index is 996. The Morgan fingerprint density at radius 2 is 1.96 bits per heavy atom. The summed E-state index contributed by atoms with van der Waals surface area (Å²) in [6, 6.07) is 7.45. The van der Waals surface area contributed by atoms with E-state index in [9.17, 15) is 13.2 Å². The third-order valence-corrected chi connectivity index (χ3v) is 7.60. The highest BCUT2D eigenvalue weighted by Gasteiger charge is 2.34. The zero-order chi connectivity index (χ0) is 19.9. The van der Waals surface area contributed by atoms with Gasteiger partial charge in [-0.25, -0.2) is 13.1 Å². The topological polar surface area (TPSA) is 75.5 Å². The Balaban J connectivity index is 1.43. The summed E-state index contributed by atoms with van der Waals surface area (Å²) in [5, 5.41) is 4.99. The standard InChI is InChI=1S/C19H23ClN4O3S/c1-14-18(12-21-24(14)16-4-2-3-15(20)11-16)19(25)23-8-6-22(7-9-23)17-5-10-28(26,27)13-17/h2-4,11-12,17H,5-10,13H2,1H3. The minimum atomic E-state index is -2.89. The van der Waals surface area contributed by atoms with E-state index in [0.29, 0.717) is 43.2 Å². The predicted molar refractivity (Wildman–Crippen MR) is 108 cm³/mol. The Morgan fingerprint density at radius 1 is 1.21 bits per heavy atom. The van der Waals surface area contributed by atoms with Crippen molar-refractivity contribution in [2.24, 2.45) is 0 Å². The molecule has 0 saturated carbocycles. The van der Waals surface area contributed by atoms with Gasteiger partial charge in [-0.1, -0.05) is 17.7 Å². The van der Waals surface area contributed by atoms with Gasteiger partial charge in [-0.15, -0.1) is 0 Å². The lowest BCUT2D eigenvalue weighted by atomic mass is 10.1. The molecule has 0 N–H and O–H groups in total. The van der Waals surface area contributed by atoms with Crippen LogP contribution in [0.15, 0.2) is 30.5 Å². The summed E-state index contributed by atoms with van der Waals surface area (Å²) in [7, 11) is -2.89. The van der Waals surface area contributed by atoms with Crippen LogP contribution in [0, 0.1) is 6.92 Å². The van der Waals surface area contributed by atoms with Crippen molar-refractivity contribution in [3.63, 3.8) is 0 Å². The number of nitrogens with zero attached hydrogens (tertiary/aromatic N) is 4. The number of rotatable bonds is 3. The van der Waals surface area contributed by atoms with Gasteiger partial charge in [0.15, 0.2) is 9.84 Å². The van der Waals surface area contributed by atoms with Gasteiger partial charge in [-0.3, -0.25) is 9.69 Å². The van der Waals surface area contributed by atoms with E-state index in [0.717, 1.165) is 11.4 Å². The smallest absolute Gasteiger partial charge is 0.257 e. The van der Waals surface area contributed by atoms with Crippen molar-refractivity contribution in [2.75, 3.05) is 37.7 Å². The fourth-order valence-electron chi connectivity index (χ4n) is 4.01. The van der Waals surface area contributed by atoms with Crippen molar-refractivity contribution < 1.29 is 13.2 Å². The highest BCUT2D eigenvalue weighted by molar-refractivity contribution is 7.91. The lowest BCUT2D eigenvalue weighted by Gasteiger charge is -2.37. The normalized spacial score (nSPS) is 22.5. The molecule has 1 unspecified atom stereocenters. The van der Waals surface area contributed by atoms with Crippen LogP contribution >= 0.6 is 11.6 Å². The second-order valence-electron chi connectivity index (χ2n) is 7.42. The van der Waals surface area contributed by atoms with E-state index in [1.165, 1.54) is 0 Å². The van der Waals surface area contributed by atoms with Gasteiger partial charge in [0.1, 0.15) is 0 Å². The number of halogens is 1. The zero-order valence-electron chi connectivity index (χ0n) is 15.7. The predicted octanol–water partition coefficient (Wildman–Crippen LogP) is 1.78.